The summed E-state index contributed by atoms with van der Waals surface area (Å²) in [6.45, 7) is 5.18. The van der Waals surface area contributed by atoms with Crippen LogP contribution in [0.2, 0.25) is 5.02 Å². The highest BCUT2D eigenvalue weighted by molar-refractivity contribution is 7.99. The number of benzene rings is 2. The standard InChI is InChI=1S/C21H22ClN3OS2/c1-15-7-8-17(22)20-19(15)23-21(28-20)25-12-10-24(11-13-25)18(26)9-14-27-16-5-3-2-4-6-16/h2-8H,9-14H2,1H3. The van der Waals surface area contributed by atoms with E-state index in [0.717, 1.165) is 57.9 Å². The highest BCUT2D eigenvalue weighted by Gasteiger charge is 2.23. The number of fused-ring (bicyclic) bond motifs is 1. The highest BCUT2D eigenvalue weighted by Crippen LogP contribution is 2.35. The van der Waals surface area contributed by atoms with Crippen molar-refractivity contribution in [2.24, 2.45) is 0 Å². The summed E-state index contributed by atoms with van der Waals surface area (Å²) in [5.41, 5.74) is 2.13. The lowest BCUT2D eigenvalue weighted by Crippen LogP contribution is -2.48. The molecule has 2 heterocycles. The SMILES string of the molecule is Cc1ccc(Cl)c2sc(N3CCN(C(=O)CCSc4ccccc4)CC3)nc12. The van der Waals surface area contributed by atoms with Gasteiger partial charge in [0.2, 0.25) is 5.91 Å². The molecule has 1 amide bonds. The Balaban J connectivity index is 1.31. The van der Waals surface area contributed by atoms with Crippen LogP contribution in [0.4, 0.5) is 5.13 Å². The lowest BCUT2D eigenvalue weighted by atomic mass is 10.2. The van der Waals surface area contributed by atoms with E-state index in [9.17, 15) is 4.79 Å². The van der Waals surface area contributed by atoms with Crippen molar-refractivity contribution < 1.29 is 4.79 Å². The molecule has 4 rings (SSSR count). The first-order valence-electron chi connectivity index (χ1n) is 9.38. The molecule has 0 saturated carbocycles. The highest BCUT2D eigenvalue weighted by atomic mass is 35.5. The molecule has 4 nitrogen and oxygen atoms in total. The Kier molecular flexibility index (Phi) is 6.09. The fraction of sp³-hybridized carbons (Fsp3) is 0.333. The summed E-state index contributed by atoms with van der Waals surface area (Å²) in [7, 11) is 0. The van der Waals surface area contributed by atoms with Crippen LogP contribution >= 0.6 is 34.7 Å². The second-order valence-electron chi connectivity index (χ2n) is 6.82. The summed E-state index contributed by atoms with van der Waals surface area (Å²) >= 11 is 9.71. The van der Waals surface area contributed by atoms with Gasteiger partial charge in [-0.1, -0.05) is 47.2 Å². The van der Waals surface area contributed by atoms with Crippen molar-refractivity contribution in [2.75, 3.05) is 36.8 Å². The summed E-state index contributed by atoms with van der Waals surface area (Å²) in [6.07, 6.45) is 0.579. The van der Waals surface area contributed by atoms with Crippen LogP contribution in [0, 0.1) is 6.92 Å². The third-order valence-electron chi connectivity index (χ3n) is 4.92. The van der Waals surface area contributed by atoms with Crippen molar-refractivity contribution in [3.05, 3.63) is 53.1 Å². The molecular weight excluding hydrogens is 410 g/mol. The molecule has 1 fully saturated rings. The quantitative estimate of drug-likeness (QED) is 0.527. The number of rotatable bonds is 5. The van der Waals surface area contributed by atoms with Gasteiger partial charge >= 0.3 is 0 Å². The molecule has 0 atom stereocenters. The number of halogens is 1. The van der Waals surface area contributed by atoms with E-state index in [1.807, 2.05) is 35.2 Å². The molecule has 2 aromatic carbocycles. The average Bonchev–Trinajstić information content (AvgIpc) is 3.19. The Morgan fingerprint density at radius 2 is 1.89 bits per heavy atom. The number of hydrogen-bond donors (Lipinski definition) is 0. The second kappa shape index (κ2) is 8.72. The molecule has 0 N–H and O–H groups in total. The van der Waals surface area contributed by atoms with Gasteiger partial charge in [0, 0.05) is 43.2 Å². The zero-order valence-electron chi connectivity index (χ0n) is 15.7. The molecule has 1 aliphatic heterocycles. The number of piperazine rings is 1. The first-order chi connectivity index (χ1) is 13.6. The first-order valence-corrected chi connectivity index (χ1v) is 11.6. The zero-order valence-corrected chi connectivity index (χ0v) is 18.1. The summed E-state index contributed by atoms with van der Waals surface area (Å²) in [6, 6.07) is 14.2. The second-order valence-corrected chi connectivity index (χ2v) is 9.37. The molecule has 1 aromatic heterocycles. The van der Waals surface area contributed by atoms with E-state index in [1.165, 1.54) is 4.90 Å². The summed E-state index contributed by atoms with van der Waals surface area (Å²) in [5.74, 6) is 1.06. The maximum Gasteiger partial charge on any atom is 0.223 e. The van der Waals surface area contributed by atoms with E-state index < -0.39 is 0 Å². The molecule has 0 bridgehead atoms. The first kappa shape index (κ1) is 19.6. The van der Waals surface area contributed by atoms with Gasteiger partial charge < -0.3 is 9.80 Å². The van der Waals surface area contributed by atoms with E-state index in [4.69, 9.17) is 16.6 Å². The Labute approximate surface area is 178 Å². The van der Waals surface area contributed by atoms with E-state index in [-0.39, 0.29) is 5.91 Å². The predicted molar refractivity (Wildman–Crippen MR) is 120 cm³/mol. The van der Waals surface area contributed by atoms with Crippen molar-refractivity contribution in [2.45, 2.75) is 18.2 Å². The minimum atomic E-state index is 0.242. The fourth-order valence-corrected chi connectivity index (χ4v) is 5.53. The normalized spacial score (nSPS) is 14.6. The molecule has 0 radical (unpaired) electrons. The topological polar surface area (TPSA) is 36.4 Å². The third-order valence-corrected chi connectivity index (χ3v) is 7.51. The lowest BCUT2D eigenvalue weighted by Gasteiger charge is -2.34. The average molecular weight is 432 g/mol. The molecular formula is C21H22ClN3OS2. The van der Waals surface area contributed by atoms with Crippen molar-refractivity contribution >= 4 is 56.0 Å². The van der Waals surface area contributed by atoms with Crippen molar-refractivity contribution in [3.8, 4) is 0 Å². The molecule has 3 aromatic rings. The monoisotopic (exact) mass is 431 g/mol. The van der Waals surface area contributed by atoms with Crippen molar-refractivity contribution in [3.63, 3.8) is 0 Å². The van der Waals surface area contributed by atoms with E-state index in [0.29, 0.717) is 6.42 Å². The number of anilines is 1. The Morgan fingerprint density at radius 3 is 2.61 bits per heavy atom. The van der Waals surface area contributed by atoms with E-state index in [1.54, 1.807) is 23.1 Å². The summed E-state index contributed by atoms with van der Waals surface area (Å²) in [5, 5.41) is 1.76. The van der Waals surface area contributed by atoms with Gasteiger partial charge in [-0.2, -0.15) is 0 Å². The van der Waals surface area contributed by atoms with Gasteiger partial charge in [0.05, 0.1) is 15.2 Å². The molecule has 1 saturated heterocycles. The van der Waals surface area contributed by atoms with Crippen LogP contribution in [0.15, 0.2) is 47.4 Å². The van der Waals surface area contributed by atoms with Crippen molar-refractivity contribution in [1.29, 1.82) is 0 Å². The van der Waals surface area contributed by atoms with Crippen LogP contribution in [-0.2, 0) is 4.79 Å². The molecule has 1 aliphatic rings. The number of aromatic nitrogens is 1. The maximum absolute atomic E-state index is 12.5. The molecule has 28 heavy (non-hydrogen) atoms. The molecule has 0 aliphatic carbocycles. The van der Waals surface area contributed by atoms with Crippen LogP contribution < -0.4 is 4.90 Å². The number of nitrogens with zero attached hydrogens (tertiary/aromatic N) is 3. The fourth-order valence-electron chi connectivity index (χ4n) is 3.30. The minimum Gasteiger partial charge on any atom is -0.345 e. The molecule has 7 heteroatoms. The third kappa shape index (κ3) is 4.29. The molecule has 0 unspecified atom stereocenters. The molecule has 0 spiro atoms. The van der Waals surface area contributed by atoms with Crippen LogP contribution in [0.1, 0.15) is 12.0 Å². The van der Waals surface area contributed by atoms with Gasteiger partial charge in [-0.15, -0.1) is 11.8 Å². The predicted octanol–water partition coefficient (Wildman–Crippen LogP) is 5.09. The lowest BCUT2D eigenvalue weighted by molar-refractivity contribution is -0.131. The Morgan fingerprint density at radius 1 is 1.14 bits per heavy atom. The van der Waals surface area contributed by atoms with Gasteiger partial charge in [-0.05, 0) is 30.7 Å². The Hall–Kier alpha value is -1.76. The largest absolute Gasteiger partial charge is 0.345 e. The zero-order chi connectivity index (χ0) is 19.5. The molecule has 146 valence electrons. The number of amides is 1. The van der Waals surface area contributed by atoms with E-state index >= 15 is 0 Å². The smallest absolute Gasteiger partial charge is 0.223 e. The van der Waals surface area contributed by atoms with Gasteiger partial charge in [0.1, 0.15) is 0 Å². The maximum atomic E-state index is 12.5. The number of thioether (sulfide) groups is 1. The van der Waals surface area contributed by atoms with E-state index in [2.05, 4.69) is 24.0 Å². The number of hydrogen-bond acceptors (Lipinski definition) is 5. The van der Waals surface area contributed by atoms with Crippen LogP contribution in [0.5, 0.6) is 0 Å². The number of aryl methyl sites for hydroxylation is 1. The van der Waals surface area contributed by atoms with Crippen LogP contribution in [0.3, 0.4) is 0 Å². The van der Waals surface area contributed by atoms with Gasteiger partial charge in [0.25, 0.3) is 0 Å². The van der Waals surface area contributed by atoms with Crippen LogP contribution in [0.25, 0.3) is 10.2 Å². The van der Waals surface area contributed by atoms with Gasteiger partial charge in [-0.25, -0.2) is 4.98 Å². The number of thiazole rings is 1. The minimum absolute atomic E-state index is 0.242. The summed E-state index contributed by atoms with van der Waals surface area (Å²) < 4.78 is 1.05. The summed E-state index contributed by atoms with van der Waals surface area (Å²) in [4.78, 5) is 22.8. The van der Waals surface area contributed by atoms with Crippen molar-refractivity contribution in [1.82, 2.24) is 9.88 Å². The number of carbonyl (C=O) groups is 1. The van der Waals surface area contributed by atoms with Crippen LogP contribution in [-0.4, -0.2) is 47.7 Å². The number of carbonyl (C=O) groups excluding carboxylic acids is 1. The van der Waals surface area contributed by atoms with Gasteiger partial charge in [0.15, 0.2) is 5.13 Å². The van der Waals surface area contributed by atoms with Gasteiger partial charge in [-0.3, -0.25) is 4.79 Å². The Bertz CT molecular complexity index is 929.